The molecular weight excluding hydrogens is 356 g/mol. The predicted octanol–water partition coefficient (Wildman–Crippen LogP) is 5.73. The molecule has 2 saturated heterocycles. The van der Waals surface area contributed by atoms with Crippen LogP contribution in [0.3, 0.4) is 0 Å². The molecule has 0 aromatic rings. The van der Waals surface area contributed by atoms with Crippen LogP contribution in [0.1, 0.15) is 66.7 Å². The Balaban J connectivity index is 1.85. The fourth-order valence-corrected chi connectivity index (χ4v) is 4.99. The first-order valence-electron chi connectivity index (χ1n) is 10.7. The van der Waals surface area contributed by atoms with Crippen LogP contribution in [-0.2, 0) is 0 Å². The number of rotatable bonds is 7. The van der Waals surface area contributed by atoms with E-state index in [-0.39, 0.29) is 36.8 Å². The van der Waals surface area contributed by atoms with Gasteiger partial charge in [0.1, 0.15) is 0 Å². The maximum Gasteiger partial charge on any atom is 0.305 e. The third-order valence-corrected chi connectivity index (χ3v) is 7.10. The molecule has 0 radical (unpaired) electrons. The molecule has 4 atom stereocenters. The number of hydrogen-bond acceptors (Lipinski definition) is 2. The summed E-state index contributed by atoms with van der Waals surface area (Å²) in [6, 6.07) is -2.59. The van der Waals surface area contributed by atoms with Gasteiger partial charge in [-0.3, -0.25) is 4.90 Å². The zero-order valence-corrected chi connectivity index (χ0v) is 17.7. The summed E-state index contributed by atoms with van der Waals surface area (Å²) in [5, 5.41) is 0. The van der Waals surface area contributed by atoms with E-state index in [4.69, 9.17) is 0 Å². The van der Waals surface area contributed by atoms with Gasteiger partial charge in [-0.2, -0.15) is 8.78 Å². The maximum atomic E-state index is 14.6. The summed E-state index contributed by atoms with van der Waals surface area (Å²) in [7, 11) is 0. The molecule has 2 heterocycles. The van der Waals surface area contributed by atoms with E-state index in [2.05, 4.69) is 0 Å². The molecular formula is C21H38F4N2. The van der Waals surface area contributed by atoms with E-state index in [1.165, 1.54) is 4.90 Å². The zero-order valence-electron chi connectivity index (χ0n) is 17.7. The topological polar surface area (TPSA) is 6.48 Å². The summed E-state index contributed by atoms with van der Waals surface area (Å²) in [6.07, 6.45) is 2.66. The van der Waals surface area contributed by atoms with Crippen LogP contribution in [0.15, 0.2) is 0 Å². The van der Waals surface area contributed by atoms with Crippen molar-refractivity contribution in [2.75, 3.05) is 26.2 Å². The Hall–Kier alpha value is -0.360. The molecule has 0 amide bonds. The molecule has 2 rings (SSSR count). The maximum absolute atomic E-state index is 14.6. The largest absolute Gasteiger partial charge is 0.305 e. The van der Waals surface area contributed by atoms with Crippen LogP contribution in [-0.4, -0.2) is 54.0 Å². The van der Waals surface area contributed by atoms with Crippen LogP contribution in [0.2, 0.25) is 0 Å². The number of halogens is 4. The van der Waals surface area contributed by atoms with Gasteiger partial charge in [0, 0.05) is 31.5 Å². The fourth-order valence-electron chi connectivity index (χ4n) is 4.99. The van der Waals surface area contributed by atoms with E-state index in [9.17, 15) is 17.6 Å². The van der Waals surface area contributed by atoms with Crippen LogP contribution in [0.25, 0.3) is 0 Å². The second-order valence-corrected chi connectivity index (χ2v) is 9.25. The Morgan fingerprint density at radius 3 is 2.07 bits per heavy atom. The second-order valence-electron chi connectivity index (χ2n) is 9.25. The van der Waals surface area contributed by atoms with Gasteiger partial charge >= 0.3 is 6.05 Å². The van der Waals surface area contributed by atoms with Gasteiger partial charge in [-0.25, -0.2) is 13.7 Å². The number of likely N-dealkylation sites (tertiary alicyclic amines) is 2. The van der Waals surface area contributed by atoms with Crippen molar-refractivity contribution in [2.24, 2.45) is 23.7 Å². The van der Waals surface area contributed by atoms with E-state index in [1.807, 2.05) is 32.6 Å². The van der Waals surface area contributed by atoms with Crippen LogP contribution in [0.4, 0.5) is 17.6 Å². The standard InChI is InChI=1S/C21H38F4N2/c1-6-27-12-9-18(13-21(27,24)25)16(4)7-8-17(5)19-10-11-26(15(2)3)14-20(19,22)23/h15-19H,6-14H2,1-5H3. The lowest BCUT2D eigenvalue weighted by Gasteiger charge is -2.43. The van der Waals surface area contributed by atoms with Gasteiger partial charge < -0.3 is 0 Å². The Morgan fingerprint density at radius 1 is 0.926 bits per heavy atom. The number of nitrogens with zero attached hydrogens (tertiary/aromatic N) is 2. The van der Waals surface area contributed by atoms with Gasteiger partial charge in [-0.1, -0.05) is 27.2 Å². The van der Waals surface area contributed by atoms with Crippen molar-refractivity contribution in [2.45, 2.75) is 84.7 Å². The minimum atomic E-state index is -2.73. The minimum Gasteiger partial charge on any atom is -0.295 e. The number of alkyl halides is 4. The summed E-state index contributed by atoms with van der Waals surface area (Å²) in [5.41, 5.74) is 0. The summed E-state index contributed by atoms with van der Waals surface area (Å²) < 4.78 is 57.7. The quantitative estimate of drug-likeness (QED) is 0.402. The Kier molecular flexibility index (Phi) is 7.62. The second kappa shape index (κ2) is 8.98. The van der Waals surface area contributed by atoms with Gasteiger partial charge in [-0.15, -0.1) is 0 Å². The van der Waals surface area contributed by atoms with Crippen molar-refractivity contribution in [1.29, 1.82) is 0 Å². The molecule has 160 valence electrons. The molecule has 0 bridgehead atoms. The highest BCUT2D eigenvalue weighted by Gasteiger charge is 2.47. The SMILES string of the molecule is CCN1CCC(C(C)CCC(C)C2CCN(C(C)C)CC2(F)F)CC1(F)F. The molecule has 2 fully saturated rings. The summed E-state index contributed by atoms with van der Waals surface area (Å²) in [6.45, 7) is 11.0. The molecule has 0 N–H and O–H groups in total. The molecule has 2 aliphatic rings. The van der Waals surface area contributed by atoms with Gasteiger partial charge in [0.2, 0.25) is 0 Å². The minimum absolute atomic E-state index is 0.0155. The molecule has 2 aliphatic heterocycles. The lowest BCUT2D eigenvalue weighted by atomic mass is 9.76. The molecule has 0 spiro atoms. The summed E-state index contributed by atoms with van der Waals surface area (Å²) >= 11 is 0. The Morgan fingerprint density at radius 2 is 1.56 bits per heavy atom. The van der Waals surface area contributed by atoms with Crippen LogP contribution < -0.4 is 0 Å². The highest BCUT2D eigenvalue weighted by atomic mass is 19.3. The van der Waals surface area contributed by atoms with E-state index in [0.29, 0.717) is 25.9 Å². The third kappa shape index (κ3) is 5.59. The van der Waals surface area contributed by atoms with E-state index in [0.717, 1.165) is 19.4 Å². The molecule has 0 aliphatic carbocycles. The van der Waals surface area contributed by atoms with E-state index >= 15 is 0 Å². The van der Waals surface area contributed by atoms with Crippen molar-refractivity contribution in [3.8, 4) is 0 Å². The average Bonchev–Trinajstić information content (AvgIpc) is 2.57. The van der Waals surface area contributed by atoms with Crippen LogP contribution >= 0.6 is 0 Å². The molecule has 27 heavy (non-hydrogen) atoms. The highest BCUT2D eigenvalue weighted by molar-refractivity contribution is 4.91. The first-order chi connectivity index (χ1) is 12.5. The molecule has 2 nitrogen and oxygen atoms in total. The van der Waals surface area contributed by atoms with E-state index < -0.39 is 17.9 Å². The number of piperidine rings is 2. The monoisotopic (exact) mass is 394 g/mol. The normalized spacial score (nSPS) is 31.8. The molecule has 0 saturated carbocycles. The van der Waals surface area contributed by atoms with E-state index in [1.54, 1.807) is 6.92 Å². The van der Waals surface area contributed by atoms with Crippen molar-refractivity contribution in [3.63, 3.8) is 0 Å². The summed E-state index contributed by atoms with van der Waals surface area (Å²) in [5.74, 6) is -3.19. The van der Waals surface area contributed by atoms with Crippen LogP contribution in [0, 0.1) is 23.7 Å². The fraction of sp³-hybridized carbons (Fsp3) is 1.00. The van der Waals surface area contributed by atoms with Crippen LogP contribution in [0.5, 0.6) is 0 Å². The number of hydrogen-bond donors (Lipinski definition) is 0. The molecule has 6 heteroatoms. The van der Waals surface area contributed by atoms with Crippen molar-refractivity contribution >= 4 is 0 Å². The Labute approximate surface area is 162 Å². The van der Waals surface area contributed by atoms with Crippen molar-refractivity contribution in [1.82, 2.24) is 9.80 Å². The Bertz CT molecular complexity index is 469. The molecule has 0 aromatic carbocycles. The van der Waals surface area contributed by atoms with Gasteiger partial charge in [-0.05, 0) is 57.4 Å². The first-order valence-corrected chi connectivity index (χ1v) is 10.7. The van der Waals surface area contributed by atoms with Crippen molar-refractivity contribution < 1.29 is 17.6 Å². The predicted molar refractivity (Wildman–Crippen MR) is 102 cm³/mol. The highest BCUT2D eigenvalue weighted by Crippen LogP contribution is 2.42. The zero-order chi connectivity index (χ0) is 20.4. The third-order valence-electron chi connectivity index (χ3n) is 7.10. The smallest absolute Gasteiger partial charge is 0.295 e. The molecule has 0 aromatic heterocycles. The average molecular weight is 395 g/mol. The van der Waals surface area contributed by atoms with Gasteiger partial charge in [0.05, 0.1) is 6.54 Å². The van der Waals surface area contributed by atoms with Gasteiger partial charge in [0.15, 0.2) is 0 Å². The first kappa shape index (κ1) is 22.9. The lowest BCUT2D eigenvalue weighted by molar-refractivity contribution is -0.183. The van der Waals surface area contributed by atoms with Crippen molar-refractivity contribution in [3.05, 3.63) is 0 Å². The summed E-state index contributed by atoms with van der Waals surface area (Å²) in [4.78, 5) is 3.11. The van der Waals surface area contributed by atoms with Gasteiger partial charge in [0.25, 0.3) is 5.92 Å². The lowest BCUT2D eigenvalue weighted by Crippen LogP contribution is -2.52. The molecule has 4 unspecified atom stereocenters.